The molecule has 0 aromatic heterocycles. The highest BCUT2D eigenvalue weighted by molar-refractivity contribution is 5.71. The van der Waals surface area contributed by atoms with Crippen LogP contribution in [0.4, 0.5) is 0 Å². The minimum atomic E-state index is -0.803. The number of hydrogen-bond acceptors (Lipinski definition) is 6. The van der Waals surface area contributed by atoms with E-state index in [0.717, 1.165) is 128 Å². The van der Waals surface area contributed by atoms with Gasteiger partial charge in [-0.25, -0.2) is 0 Å². The number of carbonyl (C=O) groups is 3. The Morgan fingerprint density at radius 3 is 0.877 bits per heavy atom. The summed E-state index contributed by atoms with van der Waals surface area (Å²) in [4.78, 5) is 38.2. The Bertz CT molecular complexity index is 1490. The summed E-state index contributed by atoms with van der Waals surface area (Å²) in [5.74, 6) is -0.946. The van der Waals surface area contributed by atoms with E-state index in [-0.39, 0.29) is 31.1 Å². The maximum atomic E-state index is 12.9. The Morgan fingerprint density at radius 1 is 0.288 bits per heavy atom. The third-order valence-electron chi connectivity index (χ3n) is 12.7. The maximum Gasteiger partial charge on any atom is 0.306 e. The maximum absolute atomic E-state index is 12.9. The van der Waals surface area contributed by atoms with Gasteiger partial charge in [0.1, 0.15) is 13.2 Å². The van der Waals surface area contributed by atoms with Crippen LogP contribution in [0.2, 0.25) is 0 Å². The average Bonchev–Trinajstić information content (AvgIpc) is 3.39. The molecule has 0 bridgehead atoms. The average molecular weight is 1010 g/mol. The molecule has 6 nitrogen and oxygen atoms in total. The Labute approximate surface area is 450 Å². The third-order valence-corrected chi connectivity index (χ3v) is 12.7. The predicted octanol–water partition coefficient (Wildman–Crippen LogP) is 20.7. The van der Waals surface area contributed by atoms with Crippen LogP contribution in [0.15, 0.2) is 109 Å². The molecule has 1 atom stereocenters. The first-order chi connectivity index (χ1) is 36.0. The highest BCUT2D eigenvalue weighted by Crippen LogP contribution is 2.14. The molecule has 0 saturated carbocycles. The molecular weight excluding hydrogens is 901 g/mol. The summed E-state index contributed by atoms with van der Waals surface area (Å²) < 4.78 is 16.9. The van der Waals surface area contributed by atoms with Crippen LogP contribution >= 0.6 is 0 Å². The smallest absolute Gasteiger partial charge is 0.306 e. The van der Waals surface area contributed by atoms with Gasteiger partial charge >= 0.3 is 17.9 Å². The minimum absolute atomic E-state index is 0.0983. The zero-order valence-corrected chi connectivity index (χ0v) is 47.6. The van der Waals surface area contributed by atoms with Crippen molar-refractivity contribution < 1.29 is 28.6 Å². The highest BCUT2D eigenvalue weighted by atomic mass is 16.6. The Hall–Kier alpha value is -3.93. The molecule has 0 saturated heterocycles. The minimum Gasteiger partial charge on any atom is -0.462 e. The van der Waals surface area contributed by atoms with Crippen molar-refractivity contribution in [2.24, 2.45) is 0 Å². The van der Waals surface area contributed by atoms with Crippen LogP contribution in [0.1, 0.15) is 278 Å². The third kappa shape index (κ3) is 58.8. The van der Waals surface area contributed by atoms with Gasteiger partial charge in [0, 0.05) is 19.3 Å². The molecule has 0 rings (SSSR count). The quantitative estimate of drug-likeness (QED) is 0.0261. The lowest BCUT2D eigenvalue weighted by atomic mass is 10.1. The summed E-state index contributed by atoms with van der Waals surface area (Å²) in [7, 11) is 0. The summed E-state index contributed by atoms with van der Waals surface area (Å²) in [6, 6.07) is 0. The van der Waals surface area contributed by atoms with E-state index in [2.05, 4.69) is 130 Å². The zero-order valence-electron chi connectivity index (χ0n) is 47.6. The first-order valence-corrected chi connectivity index (χ1v) is 30.4. The number of unbranched alkanes of at least 4 members (excludes halogenated alkanes) is 25. The fourth-order valence-electron chi connectivity index (χ4n) is 8.18. The van der Waals surface area contributed by atoms with Gasteiger partial charge in [-0.2, -0.15) is 0 Å². The Kier molecular flexibility index (Phi) is 57.4. The Morgan fingerprint density at radius 2 is 0.534 bits per heavy atom. The topological polar surface area (TPSA) is 78.9 Å². The fourth-order valence-corrected chi connectivity index (χ4v) is 8.18. The van der Waals surface area contributed by atoms with E-state index < -0.39 is 6.10 Å². The lowest BCUT2D eigenvalue weighted by molar-refractivity contribution is -0.167. The standard InChI is InChI=1S/C67H112O6/c1-4-7-10-13-16-19-22-25-27-29-31-32-33-34-36-37-39-42-45-48-51-54-57-60-66(69)72-63-64(62-71-65(68)59-56-53-50-47-44-41-24-21-18-15-12-9-6-3)73-67(70)61-58-55-52-49-46-43-40-38-35-30-28-26-23-20-17-14-11-8-5-2/h9,12,17-18,20-22,25-26,28-29,31,33-35,38,41,44,64H,4-8,10-11,13-16,19,23-24,27,30,32,36-37,39-40,42-43,45-63H2,1-3H3/b12-9-,20-17-,21-18-,25-22-,28-26-,31-29-,34-33-,38-35-,44-41-. The molecule has 0 fully saturated rings. The highest BCUT2D eigenvalue weighted by Gasteiger charge is 2.19. The van der Waals surface area contributed by atoms with Crippen LogP contribution in [-0.4, -0.2) is 37.2 Å². The van der Waals surface area contributed by atoms with E-state index in [1.807, 2.05) is 0 Å². The normalized spacial score (nSPS) is 12.9. The molecule has 0 radical (unpaired) electrons. The summed E-state index contributed by atoms with van der Waals surface area (Å²) >= 11 is 0. The summed E-state index contributed by atoms with van der Waals surface area (Å²) in [6.45, 7) is 6.45. The summed E-state index contributed by atoms with van der Waals surface area (Å²) in [6.07, 6.45) is 82.3. The first-order valence-electron chi connectivity index (χ1n) is 30.4. The van der Waals surface area contributed by atoms with Gasteiger partial charge in [-0.05, 0) is 128 Å². The second kappa shape index (κ2) is 60.6. The van der Waals surface area contributed by atoms with Gasteiger partial charge in [-0.15, -0.1) is 0 Å². The van der Waals surface area contributed by atoms with E-state index in [1.54, 1.807) is 0 Å². The van der Waals surface area contributed by atoms with E-state index in [4.69, 9.17) is 14.2 Å². The van der Waals surface area contributed by atoms with Crippen molar-refractivity contribution in [3.8, 4) is 0 Å². The number of hydrogen-bond donors (Lipinski definition) is 0. The molecule has 0 aromatic rings. The Balaban J connectivity index is 4.41. The van der Waals surface area contributed by atoms with Crippen molar-refractivity contribution in [3.63, 3.8) is 0 Å². The van der Waals surface area contributed by atoms with E-state index in [1.165, 1.54) is 109 Å². The van der Waals surface area contributed by atoms with Gasteiger partial charge in [0.05, 0.1) is 0 Å². The van der Waals surface area contributed by atoms with Crippen molar-refractivity contribution in [1.29, 1.82) is 0 Å². The van der Waals surface area contributed by atoms with Crippen molar-refractivity contribution in [3.05, 3.63) is 109 Å². The number of allylic oxidation sites excluding steroid dienone is 18. The second-order valence-corrected chi connectivity index (χ2v) is 19.9. The number of ether oxygens (including phenoxy) is 3. The fraction of sp³-hybridized carbons (Fsp3) is 0.687. The molecule has 0 aliphatic carbocycles. The molecule has 0 aromatic carbocycles. The van der Waals surface area contributed by atoms with Crippen LogP contribution in [-0.2, 0) is 28.6 Å². The molecule has 0 N–H and O–H groups in total. The van der Waals surface area contributed by atoms with Crippen LogP contribution in [0.5, 0.6) is 0 Å². The van der Waals surface area contributed by atoms with E-state index in [0.29, 0.717) is 19.3 Å². The van der Waals surface area contributed by atoms with Gasteiger partial charge in [-0.1, -0.05) is 239 Å². The van der Waals surface area contributed by atoms with Crippen molar-refractivity contribution >= 4 is 17.9 Å². The lowest BCUT2D eigenvalue weighted by Crippen LogP contribution is -2.30. The molecule has 0 aliphatic heterocycles. The first kappa shape index (κ1) is 69.1. The van der Waals surface area contributed by atoms with Crippen LogP contribution in [0.25, 0.3) is 0 Å². The molecule has 0 amide bonds. The van der Waals surface area contributed by atoms with E-state index >= 15 is 0 Å². The van der Waals surface area contributed by atoms with E-state index in [9.17, 15) is 14.4 Å². The van der Waals surface area contributed by atoms with Crippen LogP contribution in [0.3, 0.4) is 0 Å². The lowest BCUT2D eigenvalue weighted by Gasteiger charge is -2.18. The molecule has 0 heterocycles. The number of rotatable bonds is 54. The van der Waals surface area contributed by atoms with Crippen molar-refractivity contribution in [1.82, 2.24) is 0 Å². The zero-order chi connectivity index (χ0) is 52.9. The SMILES string of the molecule is CC/C=C\C/C=C\C/C=C\CCCCCC(=O)OCC(COC(=O)CCCCCCCCCC/C=C\C/C=C\C/C=C\CCCCCCC)OC(=O)CCCCCCCC/C=C\C/C=C\C/C=C\CCCCC. The summed E-state index contributed by atoms with van der Waals surface area (Å²) in [5, 5.41) is 0. The number of carbonyl (C=O) groups excluding carboxylic acids is 3. The van der Waals surface area contributed by atoms with Gasteiger partial charge in [-0.3, -0.25) is 14.4 Å². The molecular formula is C67H112O6. The van der Waals surface area contributed by atoms with Crippen molar-refractivity contribution in [2.75, 3.05) is 13.2 Å². The molecule has 0 aliphatic rings. The molecule has 6 heteroatoms. The van der Waals surface area contributed by atoms with Gasteiger partial charge in [0.25, 0.3) is 0 Å². The molecule has 416 valence electrons. The van der Waals surface area contributed by atoms with Gasteiger partial charge in [0.15, 0.2) is 6.10 Å². The van der Waals surface area contributed by atoms with Crippen LogP contribution in [0, 0.1) is 0 Å². The molecule has 1 unspecified atom stereocenters. The number of esters is 3. The predicted molar refractivity (Wildman–Crippen MR) is 316 cm³/mol. The van der Waals surface area contributed by atoms with Crippen molar-refractivity contribution in [2.45, 2.75) is 284 Å². The van der Waals surface area contributed by atoms with Gasteiger partial charge in [0.2, 0.25) is 0 Å². The summed E-state index contributed by atoms with van der Waals surface area (Å²) in [5.41, 5.74) is 0. The van der Waals surface area contributed by atoms with Gasteiger partial charge < -0.3 is 14.2 Å². The molecule has 73 heavy (non-hydrogen) atoms. The molecule has 0 spiro atoms. The monoisotopic (exact) mass is 1010 g/mol. The van der Waals surface area contributed by atoms with Crippen LogP contribution < -0.4 is 0 Å². The largest absolute Gasteiger partial charge is 0.462 e. The second-order valence-electron chi connectivity index (χ2n) is 19.9.